The number of aryl methyl sites for hydroxylation is 1. The van der Waals surface area contributed by atoms with Gasteiger partial charge in [0.05, 0.1) is 12.1 Å². The smallest absolute Gasteiger partial charge is 0.255 e. The molecule has 0 atom stereocenters. The average molecular weight is 364 g/mol. The number of hydrogen-bond acceptors (Lipinski definition) is 4. The van der Waals surface area contributed by atoms with E-state index in [1.807, 2.05) is 37.3 Å². The van der Waals surface area contributed by atoms with Gasteiger partial charge in [-0.15, -0.1) is 10.2 Å². The molecule has 140 valence electrons. The van der Waals surface area contributed by atoms with Crippen LogP contribution in [0.25, 0.3) is 11.3 Å². The first-order valence-corrected chi connectivity index (χ1v) is 9.51. The Morgan fingerprint density at radius 2 is 2.00 bits per heavy atom. The molecular formula is C20H24N6O. The molecule has 0 spiro atoms. The van der Waals surface area contributed by atoms with E-state index in [1.165, 1.54) is 19.3 Å². The van der Waals surface area contributed by atoms with Gasteiger partial charge >= 0.3 is 0 Å². The summed E-state index contributed by atoms with van der Waals surface area (Å²) in [6.45, 7) is 2.22. The third-order valence-corrected chi connectivity index (χ3v) is 5.24. The average Bonchev–Trinajstić information content (AvgIpc) is 3.34. The summed E-state index contributed by atoms with van der Waals surface area (Å²) in [7, 11) is 0. The van der Waals surface area contributed by atoms with Crippen LogP contribution in [0.4, 0.5) is 0 Å². The Morgan fingerprint density at radius 3 is 2.78 bits per heavy atom. The summed E-state index contributed by atoms with van der Waals surface area (Å²) in [4.78, 5) is 12.9. The summed E-state index contributed by atoms with van der Waals surface area (Å²) in [5.41, 5.74) is 2.90. The summed E-state index contributed by atoms with van der Waals surface area (Å²) in [6, 6.07) is 10.2. The highest BCUT2D eigenvalue weighted by molar-refractivity contribution is 6.00. The number of aromatic nitrogens is 5. The largest absolute Gasteiger partial charge is 0.345 e. The van der Waals surface area contributed by atoms with E-state index in [-0.39, 0.29) is 5.91 Å². The fourth-order valence-electron chi connectivity index (χ4n) is 3.82. The lowest BCUT2D eigenvalue weighted by molar-refractivity contribution is 0.0949. The minimum atomic E-state index is -0.154. The molecule has 3 aromatic rings. The van der Waals surface area contributed by atoms with Crippen molar-refractivity contribution in [3.63, 3.8) is 0 Å². The number of benzene rings is 1. The maximum absolute atomic E-state index is 12.9. The van der Waals surface area contributed by atoms with Gasteiger partial charge < -0.3 is 9.88 Å². The van der Waals surface area contributed by atoms with Crippen LogP contribution in [0.3, 0.4) is 0 Å². The van der Waals surface area contributed by atoms with Crippen LogP contribution in [0.5, 0.6) is 0 Å². The third kappa shape index (κ3) is 3.63. The molecule has 1 amide bonds. The first-order valence-electron chi connectivity index (χ1n) is 9.51. The molecule has 0 unspecified atom stereocenters. The maximum Gasteiger partial charge on any atom is 0.255 e. The van der Waals surface area contributed by atoms with Gasteiger partial charge in [0.25, 0.3) is 5.91 Å². The normalized spacial score (nSPS) is 15.0. The fraction of sp³-hybridized carbons (Fsp3) is 0.400. The van der Waals surface area contributed by atoms with E-state index >= 15 is 0 Å². The van der Waals surface area contributed by atoms with Crippen LogP contribution in [-0.2, 0) is 6.54 Å². The van der Waals surface area contributed by atoms with Crippen molar-refractivity contribution in [1.82, 2.24) is 30.3 Å². The number of amides is 1. The zero-order valence-corrected chi connectivity index (χ0v) is 15.5. The predicted octanol–water partition coefficient (Wildman–Crippen LogP) is 3.41. The summed E-state index contributed by atoms with van der Waals surface area (Å²) in [6.07, 6.45) is 7.87. The van der Waals surface area contributed by atoms with Gasteiger partial charge in [-0.2, -0.15) is 5.10 Å². The molecule has 2 heterocycles. The van der Waals surface area contributed by atoms with Gasteiger partial charge in [0, 0.05) is 17.3 Å². The van der Waals surface area contributed by atoms with Gasteiger partial charge in [0.1, 0.15) is 12.0 Å². The molecule has 7 heteroatoms. The summed E-state index contributed by atoms with van der Waals surface area (Å²) >= 11 is 0. The minimum Gasteiger partial charge on any atom is -0.345 e. The van der Waals surface area contributed by atoms with Crippen molar-refractivity contribution in [1.29, 1.82) is 0 Å². The number of nitrogens with zero attached hydrogens (tertiary/aromatic N) is 4. The number of aromatic amines is 1. The Bertz CT molecular complexity index is 908. The van der Waals surface area contributed by atoms with Crippen molar-refractivity contribution in [3.8, 4) is 11.3 Å². The lowest BCUT2D eigenvalue weighted by atomic mass is 9.95. The van der Waals surface area contributed by atoms with Gasteiger partial charge in [-0.05, 0) is 19.8 Å². The van der Waals surface area contributed by atoms with Gasteiger partial charge in [0.15, 0.2) is 5.82 Å². The topological polar surface area (TPSA) is 88.5 Å². The molecule has 27 heavy (non-hydrogen) atoms. The molecule has 7 nitrogen and oxygen atoms in total. The highest BCUT2D eigenvalue weighted by Gasteiger charge is 2.21. The Balaban J connectivity index is 1.50. The molecule has 1 aliphatic carbocycles. The molecule has 0 bridgehead atoms. The second kappa shape index (κ2) is 7.73. The van der Waals surface area contributed by atoms with Crippen LogP contribution in [0.15, 0.2) is 36.7 Å². The van der Waals surface area contributed by atoms with E-state index in [9.17, 15) is 4.79 Å². The highest BCUT2D eigenvalue weighted by atomic mass is 16.1. The van der Waals surface area contributed by atoms with Crippen LogP contribution in [0, 0.1) is 6.92 Å². The molecule has 1 fully saturated rings. The fourth-order valence-corrected chi connectivity index (χ4v) is 3.82. The lowest BCUT2D eigenvalue weighted by Gasteiger charge is -2.24. The summed E-state index contributed by atoms with van der Waals surface area (Å²) in [5.74, 6) is 0.649. The second-order valence-electron chi connectivity index (χ2n) is 7.07. The third-order valence-electron chi connectivity index (χ3n) is 5.24. The van der Waals surface area contributed by atoms with Crippen LogP contribution < -0.4 is 5.32 Å². The number of rotatable bonds is 5. The quantitative estimate of drug-likeness (QED) is 0.726. The van der Waals surface area contributed by atoms with Crippen molar-refractivity contribution in [2.75, 3.05) is 0 Å². The van der Waals surface area contributed by atoms with Crippen molar-refractivity contribution < 1.29 is 4.79 Å². The van der Waals surface area contributed by atoms with Crippen LogP contribution >= 0.6 is 0 Å². The van der Waals surface area contributed by atoms with Crippen molar-refractivity contribution in [2.45, 2.75) is 51.6 Å². The Hall–Kier alpha value is -2.96. The van der Waals surface area contributed by atoms with Crippen molar-refractivity contribution in [3.05, 3.63) is 53.7 Å². The molecule has 1 aromatic carbocycles. The molecule has 2 aromatic heterocycles. The van der Waals surface area contributed by atoms with E-state index in [1.54, 1.807) is 6.33 Å². The Labute approximate surface area is 158 Å². The molecule has 1 aliphatic rings. The second-order valence-corrected chi connectivity index (χ2v) is 7.07. The number of carbonyl (C=O) groups excluding carboxylic acids is 1. The monoisotopic (exact) mass is 364 g/mol. The van der Waals surface area contributed by atoms with Gasteiger partial charge in [-0.3, -0.25) is 9.89 Å². The number of carbonyl (C=O) groups is 1. The molecule has 0 saturated heterocycles. The molecule has 1 saturated carbocycles. The lowest BCUT2D eigenvalue weighted by Crippen LogP contribution is -2.26. The zero-order chi connectivity index (χ0) is 18.6. The number of H-pyrrole nitrogens is 1. The Morgan fingerprint density at radius 1 is 1.22 bits per heavy atom. The van der Waals surface area contributed by atoms with E-state index in [2.05, 4.69) is 30.3 Å². The Kier molecular flexibility index (Phi) is 5.00. The zero-order valence-electron chi connectivity index (χ0n) is 15.5. The first-order chi connectivity index (χ1) is 13.2. The van der Waals surface area contributed by atoms with Gasteiger partial charge in [0.2, 0.25) is 0 Å². The summed E-state index contributed by atoms with van der Waals surface area (Å²) < 4.78 is 2.12. The van der Waals surface area contributed by atoms with Crippen LogP contribution in [0.1, 0.15) is 60.0 Å². The van der Waals surface area contributed by atoms with E-state index in [0.29, 0.717) is 23.8 Å². The van der Waals surface area contributed by atoms with Crippen molar-refractivity contribution >= 4 is 5.91 Å². The number of hydrogen-bond donors (Lipinski definition) is 2. The number of nitrogens with one attached hydrogen (secondary N) is 2. The van der Waals surface area contributed by atoms with E-state index < -0.39 is 0 Å². The van der Waals surface area contributed by atoms with Crippen LogP contribution in [-0.4, -0.2) is 30.9 Å². The predicted molar refractivity (Wildman–Crippen MR) is 102 cm³/mol. The maximum atomic E-state index is 12.9. The van der Waals surface area contributed by atoms with Gasteiger partial charge in [-0.1, -0.05) is 49.6 Å². The summed E-state index contributed by atoms with van der Waals surface area (Å²) in [5, 5.41) is 18.5. The molecular weight excluding hydrogens is 340 g/mol. The van der Waals surface area contributed by atoms with E-state index in [0.717, 1.165) is 29.9 Å². The molecule has 4 rings (SSSR count). The molecule has 0 radical (unpaired) electrons. The molecule has 0 aliphatic heterocycles. The van der Waals surface area contributed by atoms with Crippen molar-refractivity contribution in [2.24, 2.45) is 0 Å². The SMILES string of the molecule is Cc1[nH]nc(-c2ccccc2)c1C(=O)NCc1nncn1C1CCCCC1. The highest BCUT2D eigenvalue weighted by Crippen LogP contribution is 2.28. The van der Waals surface area contributed by atoms with Gasteiger partial charge in [-0.25, -0.2) is 0 Å². The first kappa shape index (κ1) is 17.5. The van der Waals surface area contributed by atoms with Crippen LogP contribution in [0.2, 0.25) is 0 Å². The standard InChI is InChI=1S/C20H24N6O/c1-14-18(19(25-23-14)15-8-4-2-5-9-15)20(27)21-12-17-24-22-13-26(17)16-10-6-3-7-11-16/h2,4-5,8-9,13,16H,3,6-7,10-12H2,1H3,(H,21,27)(H,23,25). The van der Waals surface area contributed by atoms with E-state index in [4.69, 9.17) is 0 Å². The molecule has 2 N–H and O–H groups in total. The minimum absolute atomic E-state index is 0.154.